The molecule has 2 aliphatic rings. The van der Waals surface area contributed by atoms with E-state index < -0.39 is 41.2 Å². The minimum atomic E-state index is -1.59. The van der Waals surface area contributed by atoms with Gasteiger partial charge in [0.25, 0.3) is 0 Å². The predicted octanol–water partition coefficient (Wildman–Crippen LogP) is 1.63. The number of nitrogens with one attached hydrogen (secondary N) is 1. The number of fused-ring (bicyclic) bond motifs is 1. The maximum absolute atomic E-state index is 13.2. The maximum Gasteiger partial charge on any atom is 0.324 e. The van der Waals surface area contributed by atoms with E-state index in [0.717, 1.165) is 4.90 Å². The Morgan fingerprint density at radius 3 is 2.59 bits per heavy atom. The molecule has 8 nitrogen and oxygen atoms in total. The van der Waals surface area contributed by atoms with Crippen molar-refractivity contribution in [3.63, 3.8) is 0 Å². The third kappa shape index (κ3) is 3.16. The van der Waals surface area contributed by atoms with Crippen LogP contribution in [0.2, 0.25) is 0 Å². The molecular weight excluding hydrogens is 396 g/mol. The van der Waals surface area contributed by atoms with Gasteiger partial charge < -0.3 is 14.9 Å². The van der Waals surface area contributed by atoms with E-state index in [4.69, 9.17) is 4.74 Å². The number of imide groups is 1. The van der Waals surface area contributed by atoms with E-state index in [1.165, 1.54) is 18.9 Å². The first kappa shape index (κ1) is 21.4. The lowest BCUT2D eigenvalue weighted by Crippen LogP contribution is -2.56. The highest BCUT2D eigenvalue weighted by atomic mass is 32.2. The summed E-state index contributed by atoms with van der Waals surface area (Å²) in [5.74, 6) is -3.46. The molecule has 2 amide bonds. The molecule has 3 rings (SSSR count). The van der Waals surface area contributed by atoms with Crippen LogP contribution >= 0.6 is 11.8 Å². The van der Waals surface area contributed by atoms with Gasteiger partial charge >= 0.3 is 5.97 Å². The zero-order chi connectivity index (χ0) is 21.5. The average Bonchev–Trinajstić information content (AvgIpc) is 3.15. The normalized spacial score (nSPS) is 28.9. The number of carboxylic acids is 1. The van der Waals surface area contributed by atoms with Crippen molar-refractivity contribution in [2.45, 2.75) is 37.9 Å². The lowest BCUT2D eigenvalue weighted by molar-refractivity contribution is -0.152. The van der Waals surface area contributed by atoms with Crippen molar-refractivity contribution in [3.05, 3.63) is 23.8 Å². The number of para-hydroxylation sites is 1. The number of phenols is 1. The number of thioether (sulfide) groups is 1. The lowest BCUT2D eigenvalue weighted by Gasteiger charge is -2.32. The average molecular weight is 423 g/mol. The van der Waals surface area contributed by atoms with Crippen LogP contribution in [0.3, 0.4) is 0 Å². The van der Waals surface area contributed by atoms with Gasteiger partial charge in [-0.1, -0.05) is 12.1 Å². The topological polar surface area (TPSA) is 116 Å². The lowest BCUT2D eigenvalue weighted by atomic mass is 9.78. The molecule has 0 bridgehead atoms. The summed E-state index contributed by atoms with van der Waals surface area (Å²) < 4.78 is 5.17. The van der Waals surface area contributed by atoms with Crippen molar-refractivity contribution in [3.8, 4) is 11.5 Å². The Balaban J connectivity index is 2.18. The van der Waals surface area contributed by atoms with Gasteiger partial charge in [-0.25, -0.2) is 0 Å². The number of aliphatic carboxylic acids is 1. The van der Waals surface area contributed by atoms with Crippen LogP contribution in [0, 0.1) is 11.8 Å². The predicted molar refractivity (Wildman–Crippen MR) is 108 cm³/mol. The highest BCUT2D eigenvalue weighted by Gasteiger charge is 2.68. The van der Waals surface area contributed by atoms with Crippen LogP contribution in [0.4, 0.5) is 0 Å². The number of likely N-dealkylation sites (tertiary alicyclic amines) is 1. The maximum atomic E-state index is 13.2. The molecule has 2 aliphatic heterocycles. The number of nitrogens with zero attached hydrogens (tertiary/aromatic N) is 1. The van der Waals surface area contributed by atoms with E-state index in [2.05, 4.69) is 5.32 Å². The third-order valence-corrected chi connectivity index (χ3v) is 6.48. The minimum absolute atomic E-state index is 0.166. The highest BCUT2D eigenvalue weighted by molar-refractivity contribution is 7.98. The van der Waals surface area contributed by atoms with E-state index in [-0.39, 0.29) is 24.0 Å². The zero-order valence-corrected chi connectivity index (χ0v) is 17.7. The molecule has 0 unspecified atom stereocenters. The molecule has 9 heteroatoms. The molecule has 0 aromatic heterocycles. The first-order valence-corrected chi connectivity index (χ1v) is 10.8. The first-order valence-electron chi connectivity index (χ1n) is 9.44. The van der Waals surface area contributed by atoms with Gasteiger partial charge in [0.2, 0.25) is 11.8 Å². The van der Waals surface area contributed by atoms with E-state index >= 15 is 0 Å². The molecule has 0 saturated carbocycles. The summed E-state index contributed by atoms with van der Waals surface area (Å²) in [6.45, 7) is 3.46. The monoisotopic (exact) mass is 422 g/mol. The van der Waals surface area contributed by atoms with E-state index in [1.54, 1.807) is 32.0 Å². The van der Waals surface area contributed by atoms with Gasteiger partial charge in [0.1, 0.15) is 5.54 Å². The Labute approximate surface area is 173 Å². The van der Waals surface area contributed by atoms with Gasteiger partial charge in [-0.3, -0.25) is 24.6 Å². The summed E-state index contributed by atoms with van der Waals surface area (Å²) >= 11 is 1.47. The molecular formula is C20H26N2O6S. The largest absolute Gasteiger partial charge is 0.504 e. The van der Waals surface area contributed by atoms with Crippen LogP contribution in [0.15, 0.2) is 18.2 Å². The summed E-state index contributed by atoms with van der Waals surface area (Å²) in [6.07, 6.45) is 2.03. The fourth-order valence-electron chi connectivity index (χ4n) is 4.55. The number of carbonyl (C=O) groups is 3. The molecule has 1 aromatic rings. The van der Waals surface area contributed by atoms with Crippen molar-refractivity contribution in [2.75, 3.05) is 19.1 Å². The van der Waals surface area contributed by atoms with Crippen molar-refractivity contribution >= 4 is 29.5 Å². The molecule has 3 N–H and O–H groups in total. The van der Waals surface area contributed by atoms with Crippen LogP contribution < -0.4 is 10.1 Å². The second kappa shape index (κ2) is 7.87. The Hall–Kier alpha value is -2.26. The molecule has 4 atom stereocenters. The third-order valence-electron chi connectivity index (χ3n) is 5.87. The summed E-state index contributed by atoms with van der Waals surface area (Å²) in [7, 11) is 1.41. The van der Waals surface area contributed by atoms with Crippen LogP contribution in [0.1, 0.15) is 31.9 Å². The second-order valence-electron chi connectivity index (χ2n) is 7.68. The van der Waals surface area contributed by atoms with Crippen LogP contribution in [0.5, 0.6) is 11.5 Å². The van der Waals surface area contributed by atoms with Gasteiger partial charge in [0.15, 0.2) is 11.5 Å². The summed E-state index contributed by atoms with van der Waals surface area (Å²) in [5, 5.41) is 23.9. The summed E-state index contributed by atoms with van der Waals surface area (Å²) in [4.78, 5) is 40.0. The molecule has 29 heavy (non-hydrogen) atoms. The Kier molecular flexibility index (Phi) is 5.82. The molecule has 0 radical (unpaired) electrons. The number of aromatic hydroxyl groups is 1. The van der Waals surface area contributed by atoms with Gasteiger partial charge in [-0.05, 0) is 38.3 Å². The van der Waals surface area contributed by atoms with Gasteiger partial charge in [-0.2, -0.15) is 11.8 Å². The van der Waals surface area contributed by atoms with Crippen LogP contribution in [0.25, 0.3) is 0 Å². The van der Waals surface area contributed by atoms with Crippen molar-refractivity contribution in [1.82, 2.24) is 10.2 Å². The smallest absolute Gasteiger partial charge is 0.324 e. The number of rotatable bonds is 7. The number of amides is 2. The Bertz CT molecular complexity index is 844. The number of hydrogen-bond acceptors (Lipinski definition) is 7. The fourth-order valence-corrected chi connectivity index (χ4v) is 5.08. The van der Waals surface area contributed by atoms with Crippen molar-refractivity contribution < 1.29 is 29.3 Å². The number of carboxylic acid groups (broad SMARTS) is 1. The number of hydrogen-bond donors (Lipinski definition) is 3. The molecule has 2 saturated heterocycles. The van der Waals surface area contributed by atoms with Gasteiger partial charge in [0.05, 0.1) is 18.9 Å². The van der Waals surface area contributed by atoms with Crippen LogP contribution in [-0.2, 0) is 14.4 Å². The summed E-state index contributed by atoms with van der Waals surface area (Å²) in [5.41, 5.74) is -1.25. The van der Waals surface area contributed by atoms with Crippen molar-refractivity contribution in [1.29, 1.82) is 0 Å². The number of benzene rings is 1. The quantitative estimate of drug-likeness (QED) is 0.568. The fraction of sp³-hybridized carbons (Fsp3) is 0.550. The Morgan fingerprint density at radius 2 is 2.03 bits per heavy atom. The minimum Gasteiger partial charge on any atom is -0.504 e. The van der Waals surface area contributed by atoms with E-state index in [0.29, 0.717) is 11.3 Å². The SMILES string of the molecule is COc1cccc([C@@H]2N[C@](CCSC)(C(=O)O)[C@H]3C(=O)N(C(C)C)C(=O)[C@H]23)c1O. The standard InChI is InChI=1S/C20H26N2O6S/c1-10(2)22-17(24)13-14(18(22)25)20(19(26)27,8-9-29-4)21-15(13)11-6-5-7-12(28-3)16(11)23/h5-7,10,13-15,21,23H,8-9H2,1-4H3,(H,26,27)/t13-,14+,15-,20-/m0/s1. The molecule has 0 spiro atoms. The zero-order valence-electron chi connectivity index (χ0n) is 16.8. The van der Waals surface area contributed by atoms with Gasteiger partial charge in [-0.15, -0.1) is 0 Å². The molecule has 158 valence electrons. The van der Waals surface area contributed by atoms with Crippen molar-refractivity contribution in [2.24, 2.45) is 11.8 Å². The van der Waals surface area contributed by atoms with Crippen LogP contribution in [-0.4, -0.2) is 63.6 Å². The Morgan fingerprint density at radius 1 is 1.34 bits per heavy atom. The number of ether oxygens (including phenoxy) is 1. The second-order valence-corrected chi connectivity index (χ2v) is 8.67. The summed E-state index contributed by atoms with van der Waals surface area (Å²) in [6, 6.07) is 3.65. The van der Waals surface area contributed by atoms with E-state index in [1.807, 2.05) is 6.26 Å². The molecule has 2 fully saturated rings. The highest BCUT2D eigenvalue weighted by Crippen LogP contribution is 2.52. The van der Waals surface area contributed by atoms with Gasteiger partial charge in [0, 0.05) is 17.6 Å². The number of phenolic OH excluding ortho intramolecular Hbond substituents is 1. The molecule has 1 aromatic carbocycles. The molecule has 0 aliphatic carbocycles. The molecule has 2 heterocycles. The number of methoxy groups -OCH3 is 1. The van der Waals surface area contributed by atoms with E-state index in [9.17, 15) is 24.6 Å². The first-order chi connectivity index (χ1) is 13.7. The number of carbonyl (C=O) groups excluding carboxylic acids is 2.